The summed E-state index contributed by atoms with van der Waals surface area (Å²) in [5.41, 5.74) is 1.91. The van der Waals surface area contributed by atoms with Gasteiger partial charge in [0.05, 0.1) is 0 Å². The number of hydrogen-bond acceptors (Lipinski definition) is 0. The summed E-state index contributed by atoms with van der Waals surface area (Å²) in [4.78, 5) is 0. The largest absolute Gasteiger partial charge is 0.0748 e. The number of rotatable bonds is 2. The van der Waals surface area contributed by atoms with Gasteiger partial charge in [-0.25, -0.2) is 0 Å². The van der Waals surface area contributed by atoms with Crippen LogP contribution in [0, 0.1) is 10.8 Å². The summed E-state index contributed by atoms with van der Waals surface area (Å²) in [6.07, 6.45) is 13.9. The third kappa shape index (κ3) is 3.37. The van der Waals surface area contributed by atoms with Crippen molar-refractivity contribution in [2.24, 2.45) is 10.8 Å². The average molecular weight is 204 g/mol. The van der Waals surface area contributed by atoms with Crippen molar-refractivity contribution in [3.8, 4) is 0 Å². The first kappa shape index (κ1) is 12.3. The summed E-state index contributed by atoms with van der Waals surface area (Å²) < 4.78 is 0. The molecule has 0 aromatic carbocycles. The fourth-order valence-electron chi connectivity index (χ4n) is 1.97. The van der Waals surface area contributed by atoms with Gasteiger partial charge in [-0.15, -0.1) is 0 Å². The van der Waals surface area contributed by atoms with Gasteiger partial charge in [-0.2, -0.15) is 0 Å². The maximum Gasteiger partial charge on any atom is 0.00389 e. The van der Waals surface area contributed by atoms with Crippen LogP contribution >= 0.6 is 0 Å². The van der Waals surface area contributed by atoms with E-state index < -0.39 is 0 Å². The van der Waals surface area contributed by atoms with Crippen molar-refractivity contribution < 1.29 is 0 Å². The van der Waals surface area contributed by atoms with E-state index in [0.29, 0.717) is 0 Å². The molecule has 0 saturated carbocycles. The minimum Gasteiger partial charge on any atom is -0.0748 e. The van der Waals surface area contributed by atoms with Crippen LogP contribution < -0.4 is 0 Å². The molecule has 0 aromatic rings. The average Bonchev–Trinajstić information content (AvgIpc) is 2.26. The lowest BCUT2D eigenvalue weighted by Crippen LogP contribution is -2.09. The topological polar surface area (TPSA) is 0 Å². The van der Waals surface area contributed by atoms with Crippen LogP contribution in [-0.2, 0) is 0 Å². The van der Waals surface area contributed by atoms with Gasteiger partial charge in [0.25, 0.3) is 0 Å². The van der Waals surface area contributed by atoms with Gasteiger partial charge >= 0.3 is 0 Å². The van der Waals surface area contributed by atoms with Crippen LogP contribution in [0.4, 0.5) is 0 Å². The lowest BCUT2D eigenvalue weighted by atomic mass is 9.83. The number of allylic oxidation sites excluding steroid dienone is 6. The van der Waals surface area contributed by atoms with Gasteiger partial charge in [-0.1, -0.05) is 71.4 Å². The van der Waals surface area contributed by atoms with E-state index in [1.165, 1.54) is 18.4 Å². The third-order valence-electron chi connectivity index (χ3n) is 3.05. The summed E-state index contributed by atoms with van der Waals surface area (Å²) in [7, 11) is 0. The fourth-order valence-corrected chi connectivity index (χ4v) is 1.97. The molecule has 0 heterocycles. The van der Waals surface area contributed by atoms with E-state index in [-0.39, 0.29) is 10.8 Å². The van der Waals surface area contributed by atoms with Crippen LogP contribution in [0.2, 0.25) is 0 Å². The normalized spacial score (nSPS) is 26.3. The van der Waals surface area contributed by atoms with E-state index >= 15 is 0 Å². The zero-order chi connectivity index (χ0) is 11.5. The van der Waals surface area contributed by atoms with Gasteiger partial charge in [-0.3, -0.25) is 0 Å². The molecule has 0 aromatic heterocycles. The Kier molecular flexibility index (Phi) is 3.59. The molecule has 0 amide bonds. The molecule has 84 valence electrons. The Morgan fingerprint density at radius 2 is 1.87 bits per heavy atom. The van der Waals surface area contributed by atoms with Gasteiger partial charge in [0.1, 0.15) is 0 Å². The summed E-state index contributed by atoms with van der Waals surface area (Å²) in [5, 5.41) is 0. The molecule has 0 bridgehead atoms. The first-order valence-electron chi connectivity index (χ1n) is 5.97. The Morgan fingerprint density at radius 3 is 2.40 bits per heavy atom. The molecule has 0 radical (unpaired) electrons. The summed E-state index contributed by atoms with van der Waals surface area (Å²) in [6.45, 7) is 11.3. The van der Waals surface area contributed by atoms with Gasteiger partial charge in [0, 0.05) is 5.41 Å². The first-order chi connectivity index (χ1) is 6.87. The zero-order valence-electron chi connectivity index (χ0n) is 10.8. The molecule has 0 saturated heterocycles. The van der Waals surface area contributed by atoms with Crippen LogP contribution in [0.1, 0.15) is 47.5 Å². The van der Waals surface area contributed by atoms with Gasteiger partial charge in [0.2, 0.25) is 0 Å². The molecule has 1 aliphatic carbocycles. The van der Waals surface area contributed by atoms with Crippen molar-refractivity contribution in [2.45, 2.75) is 47.5 Å². The molecule has 1 unspecified atom stereocenters. The van der Waals surface area contributed by atoms with Crippen LogP contribution in [0.5, 0.6) is 0 Å². The van der Waals surface area contributed by atoms with Crippen LogP contribution in [0.3, 0.4) is 0 Å². The molecule has 0 spiro atoms. The molecule has 1 rings (SSSR count). The second kappa shape index (κ2) is 4.38. The molecule has 1 aliphatic rings. The van der Waals surface area contributed by atoms with Crippen molar-refractivity contribution in [3.05, 3.63) is 36.0 Å². The van der Waals surface area contributed by atoms with E-state index in [1.807, 2.05) is 0 Å². The predicted octanol–water partition coefficient (Wildman–Crippen LogP) is 4.89. The van der Waals surface area contributed by atoms with Gasteiger partial charge in [-0.05, 0) is 17.4 Å². The fraction of sp³-hybridized carbons (Fsp3) is 0.600. The Balaban J connectivity index is 2.89. The highest BCUT2D eigenvalue weighted by Gasteiger charge is 2.20. The molecule has 0 aliphatic heterocycles. The highest BCUT2D eigenvalue weighted by atomic mass is 14.2. The highest BCUT2D eigenvalue weighted by Crippen LogP contribution is 2.33. The minimum absolute atomic E-state index is 0.248. The molecular weight excluding hydrogens is 180 g/mol. The summed E-state index contributed by atoms with van der Waals surface area (Å²) >= 11 is 0. The molecular formula is C15H24. The van der Waals surface area contributed by atoms with E-state index in [4.69, 9.17) is 0 Å². The Labute approximate surface area is 94.8 Å². The van der Waals surface area contributed by atoms with Crippen molar-refractivity contribution in [1.82, 2.24) is 0 Å². The first-order valence-corrected chi connectivity index (χ1v) is 5.97. The molecule has 0 nitrogen and oxygen atoms in total. The van der Waals surface area contributed by atoms with Crippen LogP contribution in [-0.4, -0.2) is 0 Å². The Bertz CT molecular complexity index is 296. The van der Waals surface area contributed by atoms with Crippen molar-refractivity contribution >= 4 is 0 Å². The van der Waals surface area contributed by atoms with E-state index in [2.05, 4.69) is 65.0 Å². The van der Waals surface area contributed by atoms with Crippen molar-refractivity contribution in [2.75, 3.05) is 0 Å². The lowest BCUT2D eigenvalue weighted by Gasteiger charge is -2.22. The minimum atomic E-state index is 0.248. The summed E-state index contributed by atoms with van der Waals surface area (Å²) in [5.74, 6) is 0. The molecule has 0 N–H and O–H groups in total. The lowest BCUT2D eigenvalue weighted by molar-refractivity contribution is 0.488. The van der Waals surface area contributed by atoms with Crippen LogP contribution in [0.15, 0.2) is 36.0 Å². The van der Waals surface area contributed by atoms with Gasteiger partial charge < -0.3 is 0 Å². The SMILES string of the molecule is CCCC1(C)C=CC=C(C(C)(C)C)C=C1. The second-order valence-electron chi connectivity index (χ2n) is 5.82. The maximum absolute atomic E-state index is 2.36. The molecule has 0 fully saturated rings. The van der Waals surface area contributed by atoms with Gasteiger partial charge in [0.15, 0.2) is 0 Å². The second-order valence-corrected chi connectivity index (χ2v) is 5.82. The Morgan fingerprint density at radius 1 is 1.20 bits per heavy atom. The van der Waals surface area contributed by atoms with E-state index in [0.717, 1.165) is 0 Å². The van der Waals surface area contributed by atoms with E-state index in [1.54, 1.807) is 0 Å². The maximum atomic E-state index is 2.36. The number of hydrogen-bond donors (Lipinski definition) is 0. The quantitative estimate of drug-likeness (QED) is 0.600. The predicted molar refractivity (Wildman–Crippen MR) is 68.8 cm³/mol. The smallest absolute Gasteiger partial charge is 0.00389 e. The Hall–Kier alpha value is -0.780. The van der Waals surface area contributed by atoms with E-state index in [9.17, 15) is 0 Å². The molecule has 0 heteroatoms. The summed E-state index contributed by atoms with van der Waals surface area (Å²) in [6, 6.07) is 0. The molecule has 15 heavy (non-hydrogen) atoms. The van der Waals surface area contributed by atoms with Crippen molar-refractivity contribution in [3.63, 3.8) is 0 Å². The zero-order valence-corrected chi connectivity index (χ0v) is 10.8. The third-order valence-corrected chi connectivity index (χ3v) is 3.05. The monoisotopic (exact) mass is 204 g/mol. The molecule has 1 atom stereocenters. The highest BCUT2D eigenvalue weighted by molar-refractivity contribution is 5.34. The van der Waals surface area contributed by atoms with Crippen LogP contribution in [0.25, 0.3) is 0 Å². The van der Waals surface area contributed by atoms with Crippen molar-refractivity contribution in [1.29, 1.82) is 0 Å². The standard InChI is InChI=1S/C15H24/c1-6-10-15(5)11-7-8-13(9-12-15)14(2,3)4/h7-9,11-12H,6,10H2,1-5H3.